The summed E-state index contributed by atoms with van der Waals surface area (Å²) in [5, 5.41) is 89.3. The summed E-state index contributed by atoms with van der Waals surface area (Å²) >= 11 is 0. The summed E-state index contributed by atoms with van der Waals surface area (Å²) in [5.74, 6) is -1.41. The first-order valence-corrected chi connectivity index (χ1v) is 16.2. The molecule has 2 aromatic heterocycles. The fourth-order valence-electron chi connectivity index (χ4n) is 6.40. The summed E-state index contributed by atoms with van der Waals surface area (Å²) in [6.45, 7) is 0.713. The summed E-state index contributed by atoms with van der Waals surface area (Å²) in [7, 11) is 0. The van der Waals surface area contributed by atoms with E-state index in [0.29, 0.717) is 24.1 Å². The molecule has 270 valence electrons. The molecule has 49 heavy (non-hydrogen) atoms. The number of fused-ring (bicyclic) bond motifs is 1. The summed E-state index contributed by atoms with van der Waals surface area (Å²) in [6.07, 6.45) is -13.3. The van der Waals surface area contributed by atoms with Gasteiger partial charge in [0.1, 0.15) is 53.9 Å². The second kappa shape index (κ2) is 15.4. The summed E-state index contributed by atoms with van der Waals surface area (Å²) < 4.78 is 32.1. The highest BCUT2D eigenvalue weighted by Crippen LogP contribution is 2.33. The number of nitrogens with zero attached hydrogens (tertiary/aromatic N) is 6. The fourth-order valence-corrected chi connectivity index (χ4v) is 6.40. The molecule has 2 aliphatic heterocycles. The average molecular weight is 695 g/mol. The number of hydrogen-bond acceptors (Lipinski definition) is 16. The monoisotopic (exact) mass is 694 g/mol. The van der Waals surface area contributed by atoms with Gasteiger partial charge in [0, 0.05) is 0 Å². The number of benzene rings is 1. The number of aliphatic hydroxyl groups is 6. The van der Waals surface area contributed by atoms with Crippen molar-refractivity contribution >= 4 is 17.0 Å². The Morgan fingerprint density at radius 2 is 1.61 bits per heavy atom. The van der Waals surface area contributed by atoms with E-state index in [0.717, 1.165) is 18.4 Å². The topological polar surface area (TPSA) is 266 Å². The Bertz CT molecular complexity index is 1540. The van der Waals surface area contributed by atoms with Crippen molar-refractivity contribution in [3.63, 3.8) is 0 Å². The Labute approximate surface area is 279 Å². The first kappa shape index (κ1) is 35.6. The van der Waals surface area contributed by atoms with Crippen LogP contribution >= 0.6 is 0 Å². The SMILES string of the molecule is C[C@@H]1O[C@@H](O[C@@H]2CCCC[C@H]2O[C@@H]2O[C@H](CO)[C@H](O)[C@H](O[C@@H](Cn3cc(Cn4nnc5ccccc54)nn3)C(=O)O)[C@H]2O)[C@@H](O)[C@H](O)[C@@H]1O. The van der Waals surface area contributed by atoms with Gasteiger partial charge < -0.3 is 59.4 Å². The molecule has 13 atom stereocenters. The van der Waals surface area contributed by atoms with E-state index in [1.165, 1.54) is 17.8 Å². The first-order chi connectivity index (χ1) is 23.5. The second-order valence-corrected chi connectivity index (χ2v) is 12.6. The van der Waals surface area contributed by atoms with E-state index in [-0.39, 0.29) is 13.1 Å². The zero-order chi connectivity index (χ0) is 34.8. The van der Waals surface area contributed by atoms with Crippen LogP contribution in [0.15, 0.2) is 30.5 Å². The van der Waals surface area contributed by atoms with Crippen molar-refractivity contribution in [3.05, 3.63) is 36.2 Å². The van der Waals surface area contributed by atoms with Gasteiger partial charge in [-0.15, -0.1) is 10.2 Å². The Kier molecular flexibility index (Phi) is 11.2. The summed E-state index contributed by atoms with van der Waals surface area (Å²) in [5.41, 5.74) is 1.95. The smallest absolute Gasteiger partial charge is 0.334 e. The molecule has 3 aliphatic rings. The normalized spacial score (nSPS) is 36.1. The quantitative estimate of drug-likeness (QED) is 0.103. The van der Waals surface area contributed by atoms with E-state index in [1.54, 1.807) is 4.68 Å². The van der Waals surface area contributed by atoms with Gasteiger partial charge in [-0.3, -0.25) is 0 Å². The third-order valence-electron chi connectivity index (χ3n) is 9.16. The minimum absolute atomic E-state index is 0.215. The molecule has 4 heterocycles. The van der Waals surface area contributed by atoms with E-state index in [1.807, 2.05) is 24.3 Å². The van der Waals surface area contributed by atoms with Crippen LogP contribution in [0.5, 0.6) is 0 Å². The number of para-hydroxylation sites is 1. The molecule has 1 saturated carbocycles. The lowest BCUT2D eigenvalue weighted by Crippen LogP contribution is -2.62. The highest BCUT2D eigenvalue weighted by Gasteiger charge is 2.50. The molecule has 7 N–H and O–H groups in total. The molecule has 0 radical (unpaired) electrons. The number of carbonyl (C=O) groups is 1. The predicted molar refractivity (Wildman–Crippen MR) is 161 cm³/mol. The molecule has 19 nitrogen and oxygen atoms in total. The Balaban J connectivity index is 1.12. The zero-order valence-corrected chi connectivity index (χ0v) is 26.6. The van der Waals surface area contributed by atoms with Gasteiger partial charge >= 0.3 is 5.97 Å². The number of ether oxygens (including phenoxy) is 5. The van der Waals surface area contributed by atoms with Crippen molar-refractivity contribution in [1.29, 1.82) is 0 Å². The summed E-state index contributed by atoms with van der Waals surface area (Å²) in [4.78, 5) is 12.3. The number of carboxylic acids is 1. The maximum atomic E-state index is 12.3. The lowest BCUT2D eigenvalue weighted by Gasteiger charge is -2.45. The van der Waals surface area contributed by atoms with Crippen molar-refractivity contribution in [3.8, 4) is 0 Å². The molecule has 19 heteroatoms. The van der Waals surface area contributed by atoms with Crippen molar-refractivity contribution in [2.24, 2.45) is 0 Å². The molecular weight excluding hydrogens is 652 g/mol. The Morgan fingerprint density at radius 3 is 2.31 bits per heavy atom. The van der Waals surface area contributed by atoms with Crippen LogP contribution in [-0.2, 0) is 41.6 Å². The molecule has 1 aliphatic carbocycles. The molecule has 1 aromatic carbocycles. The van der Waals surface area contributed by atoms with E-state index < -0.39 is 92.3 Å². The van der Waals surface area contributed by atoms with Gasteiger partial charge in [-0.05, 0) is 31.9 Å². The lowest BCUT2D eigenvalue weighted by atomic mass is 9.93. The largest absolute Gasteiger partial charge is 0.479 e. The van der Waals surface area contributed by atoms with Crippen molar-refractivity contribution in [1.82, 2.24) is 30.0 Å². The Hall–Kier alpha value is -3.21. The van der Waals surface area contributed by atoms with Crippen molar-refractivity contribution in [2.45, 2.75) is 125 Å². The minimum atomic E-state index is -1.71. The van der Waals surface area contributed by atoms with Crippen LogP contribution in [0, 0.1) is 0 Å². The van der Waals surface area contributed by atoms with Gasteiger partial charge in [-0.2, -0.15) is 0 Å². The maximum Gasteiger partial charge on any atom is 0.334 e. The molecule has 0 unspecified atom stereocenters. The van der Waals surface area contributed by atoms with Crippen LogP contribution in [0.25, 0.3) is 11.0 Å². The minimum Gasteiger partial charge on any atom is -0.479 e. The van der Waals surface area contributed by atoms with Crippen LogP contribution < -0.4 is 0 Å². The van der Waals surface area contributed by atoms with Gasteiger partial charge in [-0.25, -0.2) is 14.2 Å². The third-order valence-corrected chi connectivity index (χ3v) is 9.16. The summed E-state index contributed by atoms with van der Waals surface area (Å²) in [6, 6.07) is 7.36. The molecule has 0 bridgehead atoms. The predicted octanol–water partition coefficient (Wildman–Crippen LogP) is -2.48. The lowest BCUT2D eigenvalue weighted by molar-refractivity contribution is -0.345. The Morgan fingerprint density at radius 1 is 0.918 bits per heavy atom. The van der Waals surface area contributed by atoms with Gasteiger partial charge in [0.15, 0.2) is 18.7 Å². The van der Waals surface area contributed by atoms with Gasteiger partial charge in [0.05, 0.1) is 49.7 Å². The van der Waals surface area contributed by atoms with Crippen LogP contribution in [0.4, 0.5) is 0 Å². The fraction of sp³-hybridized carbons (Fsp3) is 0.700. The molecule has 3 aromatic rings. The number of carboxylic acid groups (broad SMARTS) is 1. The number of aromatic nitrogens is 6. The van der Waals surface area contributed by atoms with Gasteiger partial charge in [0.2, 0.25) is 0 Å². The van der Waals surface area contributed by atoms with E-state index in [4.69, 9.17) is 23.7 Å². The van der Waals surface area contributed by atoms with Gasteiger partial charge in [-0.1, -0.05) is 35.4 Å². The highest BCUT2D eigenvalue weighted by atomic mass is 16.7. The van der Waals surface area contributed by atoms with E-state index in [9.17, 15) is 40.5 Å². The average Bonchev–Trinajstić information content (AvgIpc) is 3.72. The molecule has 3 fully saturated rings. The molecule has 0 amide bonds. The van der Waals surface area contributed by atoms with E-state index in [2.05, 4.69) is 20.6 Å². The van der Waals surface area contributed by atoms with Crippen molar-refractivity contribution < 1.29 is 64.2 Å². The van der Waals surface area contributed by atoms with Crippen molar-refractivity contribution in [2.75, 3.05) is 6.61 Å². The van der Waals surface area contributed by atoms with Crippen LogP contribution in [0.2, 0.25) is 0 Å². The molecular formula is C30H42N6O13. The van der Waals surface area contributed by atoms with Crippen LogP contribution in [0.3, 0.4) is 0 Å². The number of hydrogen-bond donors (Lipinski definition) is 7. The first-order valence-electron chi connectivity index (χ1n) is 16.2. The molecule has 0 spiro atoms. The number of aliphatic hydroxyl groups excluding tert-OH is 6. The molecule has 6 rings (SSSR count). The van der Waals surface area contributed by atoms with Crippen LogP contribution in [0.1, 0.15) is 38.3 Å². The standard InChI is InChI=1S/C30H42N6O13/c1-14-22(38)24(40)25(41)29(45-14)47-18-8-4-5-9-19(18)48-30-26(42)27(23(39)21(13-37)49-30)46-20(28(43)44)12-35-10-15(31-33-35)11-36-17-7-3-2-6-16(17)32-34-36/h2-3,6-7,10,14,18-27,29-30,37-42H,4-5,8-9,11-13H2,1H3,(H,43,44)/t14-,18+,19+,20-,21+,22+,23-,24+,25-,26+,27-,29-,30+/m0/s1. The van der Waals surface area contributed by atoms with E-state index >= 15 is 0 Å². The number of rotatable bonds is 12. The zero-order valence-electron chi connectivity index (χ0n) is 26.6. The van der Waals surface area contributed by atoms with Crippen LogP contribution in [-0.4, -0.2) is 158 Å². The highest BCUT2D eigenvalue weighted by molar-refractivity contribution is 5.74. The molecule has 2 saturated heterocycles. The third kappa shape index (κ3) is 7.76. The second-order valence-electron chi connectivity index (χ2n) is 12.6. The van der Waals surface area contributed by atoms with Gasteiger partial charge in [0.25, 0.3) is 0 Å². The maximum absolute atomic E-state index is 12.3. The number of aliphatic carboxylic acids is 1.